The van der Waals surface area contributed by atoms with Gasteiger partial charge in [0.2, 0.25) is 5.91 Å². The van der Waals surface area contributed by atoms with Crippen LogP contribution in [0, 0.1) is 6.92 Å². The van der Waals surface area contributed by atoms with E-state index in [4.69, 9.17) is 16.0 Å². The van der Waals surface area contributed by atoms with Crippen molar-refractivity contribution in [2.24, 2.45) is 0 Å². The van der Waals surface area contributed by atoms with Gasteiger partial charge in [-0.2, -0.15) is 0 Å². The second-order valence-corrected chi connectivity index (χ2v) is 4.93. The van der Waals surface area contributed by atoms with E-state index in [0.29, 0.717) is 10.7 Å². The molecule has 0 aliphatic heterocycles. The molecule has 6 heteroatoms. The quantitative estimate of drug-likeness (QED) is 0.892. The number of hydrogen-bond acceptors (Lipinski definition) is 3. The third-order valence-corrected chi connectivity index (χ3v) is 3.08. The van der Waals surface area contributed by atoms with Gasteiger partial charge in [0.1, 0.15) is 0 Å². The Labute approximate surface area is 127 Å². The van der Waals surface area contributed by atoms with Gasteiger partial charge in [-0.15, -0.1) is 0 Å². The summed E-state index contributed by atoms with van der Waals surface area (Å²) in [5.74, 6) is -0.292. The number of nitrogens with one attached hydrogen (secondary N) is 2. The first-order chi connectivity index (χ1) is 10.1. The van der Waals surface area contributed by atoms with Crippen LogP contribution in [-0.2, 0) is 4.79 Å². The van der Waals surface area contributed by atoms with E-state index >= 15 is 0 Å². The van der Waals surface area contributed by atoms with Gasteiger partial charge in [0, 0.05) is 23.7 Å². The largest absolute Gasteiger partial charge is 0.459 e. The summed E-state index contributed by atoms with van der Waals surface area (Å²) in [6.07, 6.45) is 1.60. The average molecular weight is 307 g/mol. The summed E-state index contributed by atoms with van der Waals surface area (Å²) in [6.45, 7) is 2.10. The molecule has 2 aromatic rings. The predicted octanol–water partition coefficient (Wildman–Crippen LogP) is 3.00. The maximum absolute atomic E-state index is 11.8. The Morgan fingerprint density at radius 1 is 1.29 bits per heavy atom. The summed E-state index contributed by atoms with van der Waals surface area (Å²) < 4.78 is 4.95. The van der Waals surface area contributed by atoms with E-state index in [-0.39, 0.29) is 30.5 Å². The van der Waals surface area contributed by atoms with E-state index in [9.17, 15) is 9.59 Å². The smallest absolute Gasteiger partial charge is 0.286 e. The lowest BCUT2D eigenvalue weighted by molar-refractivity contribution is -0.116. The lowest BCUT2D eigenvalue weighted by Gasteiger charge is -2.09. The molecular formula is C15H15ClN2O3. The fourth-order valence-corrected chi connectivity index (χ4v) is 1.99. The maximum Gasteiger partial charge on any atom is 0.286 e. The van der Waals surface area contributed by atoms with Crippen molar-refractivity contribution >= 4 is 29.1 Å². The number of rotatable bonds is 5. The highest BCUT2D eigenvalue weighted by Gasteiger charge is 2.09. The van der Waals surface area contributed by atoms with E-state index in [1.807, 2.05) is 6.92 Å². The first-order valence-electron chi connectivity index (χ1n) is 6.44. The van der Waals surface area contributed by atoms with Crippen LogP contribution in [0.25, 0.3) is 0 Å². The van der Waals surface area contributed by atoms with Crippen molar-refractivity contribution in [3.8, 4) is 0 Å². The van der Waals surface area contributed by atoms with Crippen LogP contribution in [0.3, 0.4) is 0 Å². The van der Waals surface area contributed by atoms with Crippen molar-refractivity contribution in [3.63, 3.8) is 0 Å². The molecule has 0 unspecified atom stereocenters. The van der Waals surface area contributed by atoms with Gasteiger partial charge in [0.05, 0.1) is 6.26 Å². The monoisotopic (exact) mass is 306 g/mol. The van der Waals surface area contributed by atoms with Crippen molar-refractivity contribution in [1.82, 2.24) is 5.32 Å². The number of hydrogen-bond donors (Lipinski definition) is 2. The summed E-state index contributed by atoms with van der Waals surface area (Å²) in [5, 5.41) is 6.01. The Balaban J connectivity index is 1.78. The first-order valence-corrected chi connectivity index (χ1v) is 6.82. The van der Waals surface area contributed by atoms with Crippen LogP contribution in [0.4, 0.5) is 5.69 Å². The lowest BCUT2D eigenvalue weighted by Crippen LogP contribution is -2.27. The molecule has 0 aliphatic rings. The molecule has 0 fully saturated rings. The molecule has 1 heterocycles. The zero-order valence-electron chi connectivity index (χ0n) is 11.5. The van der Waals surface area contributed by atoms with Crippen LogP contribution in [0.2, 0.25) is 5.02 Å². The third-order valence-electron chi connectivity index (χ3n) is 2.85. The molecule has 110 valence electrons. The van der Waals surface area contributed by atoms with Gasteiger partial charge in [0.15, 0.2) is 5.76 Å². The van der Waals surface area contributed by atoms with Crippen LogP contribution in [-0.4, -0.2) is 18.4 Å². The molecule has 0 spiro atoms. The number of benzene rings is 1. The number of carbonyl (C=O) groups is 2. The Morgan fingerprint density at radius 3 is 2.76 bits per heavy atom. The van der Waals surface area contributed by atoms with Gasteiger partial charge in [-0.3, -0.25) is 9.59 Å². The molecule has 2 N–H and O–H groups in total. The van der Waals surface area contributed by atoms with Crippen molar-refractivity contribution in [1.29, 1.82) is 0 Å². The van der Waals surface area contributed by atoms with E-state index in [2.05, 4.69) is 10.6 Å². The summed E-state index contributed by atoms with van der Waals surface area (Å²) in [4.78, 5) is 23.4. The van der Waals surface area contributed by atoms with E-state index in [1.165, 1.54) is 6.26 Å². The topological polar surface area (TPSA) is 71.3 Å². The highest BCUT2D eigenvalue weighted by Crippen LogP contribution is 2.19. The molecule has 1 aromatic heterocycles. The molecule has 2 amide bonds. The number of halogens is 1. The second kappa shape index (κ2) is 6.95. The fraction of sp³-hybridized carbons (Fsp3) is 0.200. The number of furan rings is 1. The Kier molecular flexibility index (Phi) is 5.00. The van der Waals surface area contributed by atoms with E-state index in [0.717, 1.165) is 5.56 Å². The minimum Gasteiger partial charge on any atom is -0.459 e. The normalized spacial score (nSPS) is 10.2. The minimum atomic E-state index is -0.338. The molecule has 1 aromatic carbocycles. The van der Waals surface area contributed by atoms with Gasteiger partial charge in [-0.05, 0) is 42.8 Å². The zero-order valence-corrected chi connectivity index (χ0v) is 12.2. The maximum atomic E-state index is 11.8. The van der Waals surface area contributed by atoms with Crippen LogP contribution < -0.4 is 10.6 Å². The van der Waals surface area contributed by atoms with Crippen molar-refractivity contribution in [2.45, 2.75) is 13.3 Å². The van der Waals surface area contributed by atoms with Crippen molar-refractivity contribution < 1.29 is 14.0 Å². The van der Waals surface area contributed by atoms with Gasteiger partial charge >= 0.3 is 0 Å². The Hall–Kier alpha value is -2.27. The van der Waals surface area contributed by atoms with Gasteiger partial charge in [0.25, 0.3) is 5.91 Å². The van der Waals surface area contributed by atoms with Crippen LogP contribution in [0.5, 0.6) is 0 Å². The SMILES string of the molecule is Cc1cc(Cl)ccc1NC(=O)CCNC(=O)c1ccco1. The van der Waals surface area contributed by atoms with Crippen LogP contribution in [0.15, 0.2) is 41.0 Å². The molecule has 0 aliphatic carbocycles. The number of carbonyl (C=O) groups excluding carboxylic acids is 2. The fourth-order valence-electron chi connectivity index (χ4n) is 1.76. The predicted molar refractivity (Wildman–Crippen MR) is 80.5 cm³/mol. The van der Waals surface area contributed by atoms with Gasteiger partial charge in [-0.1, -0.05) is 11.6 Å². The molecule has 2 rings (SSSR count). The zero-order chi connectivity index (χ0) is 15.2. The van der Waals surface area contributed by atoms with Crippen LogP contribution in [0.1, 0.15) is 22.5 Å². The molecule has 0 bridgehead atoms. The van der Waals surface area contributed by atoms with Crippen LogP contribution >= 0.6 is 11.6 Å². The molecule has 0 radical (unpaired) electrons. The molecule has 0 atom stereocenters. The summed E-state index contributed by atoms with van der Waals surface area (Å²) in [6, 6.07) is 8.42. The number of aryl methyl sites for hydroxylation is 1. The second-order valence-electron chi connectivity index (χ2n) is 4.49. The third kappa shape index (κ3) is 4.36. The standard InChI is InChI=1S/C15H15ClN2O3/c1-10-9-11(16)4-5-12(10)18-14(19)6-7-17-15(20)13-3-2-8-21-13/h2-5,8-9H,6-7H2,1H3,(H,17,20)(H,18,19). The molecule has 21 heavy (non-hydrogen) atoms. The summed E-state index contributed by atoms with van der Waals surface area (Å²) >= 11 is 5.85. The first kappa shape index (κ1) is 15.1. The van der Waals surface area contributed by atoms with Gasteiger partial charge in [-0.25, -0.2) is 0 Å². The van der Waals surface area contributed by atoms with Crippen molar-refractivity contribution in [3.05, 3.63) is 52.9 Å². The number of amides is 2. The number of anilines is 1. The summed E-state index contributed by atoms with van der Waals surface area (Å²) in [7, 11) is 0. The molecule has 5 nitrogen and oxygen atoms in total. The lowest BCUT2D eigenvalue weighted by atomic mass is 10.2. The molecular weight excluding hydrogens is 292 g/mol. The van der Waals surface area contributed by atoms with Gasteiger partial charge < -0.3 is 15.1 Å². The van der Waals surface area contributed by atoms with E-state index < -0.39 is 0 Å². The highest BCUT2D eigenvalue weighted by atomic mass is 35.5. The minimum absolute atomic E-state index is 0.175. The highest BCUT2D eigenvalue weighted by molar-refractivity contribution is 6.30. The van der Waals surface area contributed by atoms with E-state index in [1.54, 1.807) is 30.3 Å². The van der Waals surface area contributed by atoms with Crippen molar-refractivity contribution in [2.75, 3.05) is 11.9 Å². The molecule has 0 saturated carbocycles. The Bertz CT molecular complexity index is 638. The Morgan fingerprint density at radius 2 is 2.10 bits per heavy atom. The average Bonchev–Trinajstić information content (AvgIpc) is 2.96. The summed E-state index contributed by atoms with van der Waals surface area (Å²) in [5.41, 5.74) is 1.59. The molecule has 0 saturated heterocycles.